The first kappa shape index (κ1) is 18.9. The second-order valence-corrected chi connectivity index (χ2v) is 6.46. The van der Waals surface area contributed by atoms with Crippen LogP contribution in [0.1, 0.15) is 22.8 Å². The van der Waals surface area contributed by atoms with E-state index in [1.807, 2.05) is 18.3 Å². The lowest BCUT2D eigenvalue weighted by molar-refractivity contribution is 0.0529. The molecule has 1 amide bonds. The van der Waals surface area contributed by atoms with Crippen molar-refractivity contribution in [2.24, 2.45) is 0 Å². The first-order valence-electron chi connectivity index (χ1n) is 9.09. The number of carbonyl (C=O) groups excluding carboxylic acids is 1. The van der Waals surface area contributed by atoms with Crippen LogP contribution in [0.2, 0.25) is 0 Å². The van der Waals surface area contributed by atoms with Crippen LogP contribution in [0.15, 0.2) is 55.3 Å². The lowest BCUT2D eigenvalue weighted by Crippen LogP contribution is -2.41. The Hall–Kier alpha value is -2.86. The summed E-state index contributed by atoms with van der Waals surface area (Å²) >= 11 is 0. The molecule has 1 aliphatic heterocycles. The van der Waals surface area contributed by atoms with Crippen LogP contribution in [0, 0.1) is 0 Å². The Balaban J connectivity index is 1.52. The van der Waals surface area contributed by atoms with Crippen molar-refractivity contribution in [2.45, 2.75) is 19.6 Å². The highest BCUT2D eigenvalue weighted by Gasteiger charge is 2.17. The average Bonchev–Trinajstić information content (AvgIpc) is 2.71. The van der Waals surface area contributed by atoms with Gasteiger partial charge in [0.2, 0.25) is 0 Å². The van der Waals surface area contributed by atoms with Gasteiger partial charge < -0.3 is 19.7 Å². The van der Waals surface area contributed by atoms with Gasteiger partial charge in [-0.05, 0) is 42.8 Å². The Kier molecular flexibility index (Phi) is 6.44. The van der Waals surface area contributed by atoms with Crippen LogP contribution in [-0.4, -0.2) is 43.3 Å². The van der Waals surface area contributed by atoms with E-state index in [4.69, 9.17) is 9.47 Å². The van der Waals surface area contributed by atoms with Crippen molar-refractivity contribution < 1.29 is 14.3 Å². The van der Waals surface area contributed by atoms with Gasteiger partial charge in [0.05, 0.1) is 12.7 Å². The molecule has 1 atom stereocenters. The van der Waals surface area contributed by atoms with Gasteiger partial charge in [0.25, 0.3) is 5.91 Å². The summed E-state index contributed by atoms with van der Waals surface area (Å²) in [5, 5.41) is 2.91. The fraction of sp³-hybridized carbons (Fsp3) is 0.333. The third-order valence-electron chi connectivity index (χ3n) is 4.31. The highest BCUT2D eigenvalue weighted by molar-refractivity contribution is 5.94. The number of rotatable bonds is 7. The molecule has 6 nitrogen and oxygen atoms in total. The maximum atomic E-state index is 12.3. The molecule has 1 saturated heterocycles. The minimum Gasteiger partial charge on any atom is -0.490 e. The molecule has 1 aromatic carbocycles. The molecule has 0 aliphatic carbocycles. The number of ether oxygens (including phenoxy) is 2. The number of hydrogen-bond acceptors (Lipinski definition) is 5. The lowest BCUT2D eigenvalue weighted by Gasteiger charge is -2.32. The van der Waals surface area contributed by atoms with Crippen LogP contribution < -0.4 is 15.0 Å². The van der Waals surface area contributed by atoms with E-state index in [1.54, 1.807) is 30.3 Å². The molecule has 1 N–H and O–H groups in total. The third kappa shape index (κ3) is 5.31. The number of aromatic nitrogens is 1. The van der Waals surface area contributed by atoms with E-state index in [9.17, 15) is 4.79 Å². The molecular formula is C21H25N3O3. The van der Waals surface area contributed by atoms with Crippen molar-refractivity contribution in [1.82, 2.24) is 10.3 Å². The quantitative estimate of drug-likeness (QED) is 0.763. The second-order valence-electron chi connectivity index (χ2n) is 6.46. The van der Waals surface area contributed by atoms with E-state index in [2.05, 4.69) is 28.7 Å². The molecule has 27 heavy (non-hydrogen) atoms. The molecule has 2 aromatic rings. The normalized spacial score (nSPS) is 16.6. The number of pyridine rings is 1. The van der Waals surface area contributed by atoms with Crippen LogP contribution >= 0.6 is 0 Å². The Morgan fingerprint density at radius 1 is 1.37 bits per heavy atom. The van der Waals surface area contributed by atoms with E-state index in [0.29, 0.717) is 24.5 Å². The van der Waals surface area contributed by atoms with E-state index >= 15 is 0 Å². The zero-order valence-corrected chi connectivity index (χ0v) is 15.6. The highest BCUT2D eigenvalue weighted by Crippen LogP contribution is 2.16. The van der Waals surface area contributed by atoms with Crippen molar-refractivity contribution in [1.29, 1.82) is 0 Å². The van der Waals surface area contributed by atoms with Gasteiger partial charge in [-0.1, -0.05) is 18.7 Å². The molecule has 3 rings (SSSR count). The number of amides is 1. The van der Waals surface area contributed by atoms with Gasteiger partial charge in [-0.25, -0.2) is 4.98 Å². The topological polar surface area (TPSA) is 63.7 Å². The van der Waals surface area contributed by atoms with Crippen molar-refractivity contribution in [3.8, 4) is 5.75 Å². The first-order valence-corrected chi connectivity index (χ1v) is 9.09. The van der Waals surface area contributed by atoms with Crippen LogP contribution in [0.25, 0.3) is 0 Å². The fourth-order valence-electron chi connectivity index (χ4n) is 2.88. The van der Waals surface area contributed by atoms with Gasteiger partial charge in [0.15, 0.2) is 0 Å². The fourth-order valence-corrected chi connectivity index (χ4v) is 2.88. The molecule has 0 spiro atoms. The van der Waals surface area contributed by atoms with Gasteiger partial charge in [0, 0.05) is 31.4 Å². The maximum absolute atomic E-state index is 12.3. The summed E-state index contributed by atoms with van der Waals surface area (Å²) in [5.41, 5.74) is 1.55. The maximum Gasteiger partial charge on any atom is 0.251 e. The average molecular weight is 367 g/mol. The molecule has 1 unspecified atom stereocenters. The minimum atomic E-state index is -0.128. The van der Waals surface area contributed by atoms with E-state index < -0.39 is 0 Å². The minimum absolute atomic E-state index is 0.128. The molecule has 1 fully saturated rings. The van der Waals surface area contributed by atoms with Gasteiger partial charge in [0.1, 0.15) is 18.2 Å². The van der Waals surface area contributed by atoms with Gasteiger partial charge in [-0.3, -0.25) is 4.79 Å². The number of benzene rings is 1. The molecule has 1 aliphatic rings. The molecule has 142 valence electrons. The number of morpholine rings is 1. The second kappa shape index (κ2) is 9.19. The van der Waals surface area contributed by atoms with E-state index in [0.717, 1.165) is 31.1 Å². The van der Waals surface area contributed by atoms with Crippen LogP contribution in [-0.2, 0) is 11.3 Å². The van der Waals surface area contributed by atoms with Crippen molar-refractivity contribution in [3.63, 3.8) is 0 Å². The van der Waals surface area contributed by atoms with Gasteiger partial charge in [-0.15, -0.1) is 0 Å². The summed E-state index contributed by atoms with van der Waals surface area (Å²) in [6.45, 7) is 8.95. The smallest absolute Gasteiger partial charge is 0.251 e. The SMILES string of the molecule is C=CCOc1ccc(C(=O)NCc2ccc(N3CCOC(C)C3)nc2)cc1. The monoisotopic (exact) mass is 367 g/mol. The summed E-state index contributed by atoms with van der Waals surface area (Å²) < 4.78 is 11.0. The largest absolute Gasteiger partial charge is 0.490 e. The highest BCUT2D eigenvalue weighted by atomic mass is 16.5. The Labute approximate surface area is 159 Å². The summed E-state index contributed by atoms with van der Waals surface area (Å²) in [5.74, 6) is 1.52. The zero-order chi connectivity index (χ0) is 19.1. The van der Waals surface area contributed by atoms with Crippen LogP contribution in [0.3, 0.4) is 0 Å². The van der Waals surface area contributed by atoms with Gasteiger partial charge >= 0.3 is 0 Å². The van der Waals surface area contributed by atoms with Crippen LogP contribution in [0.5, 0.6) is 5.75 Å². The number of nitrogens with one attached hydrogen (secondary N) is 1. The Morgan fingerprint density at radius 2 is 2.19 bits per heavy atom. The third-order valence-corrected chi connectivity index (χ3v) is 4.31. The van der Waals surface area contributed by atoms with Crippen molar-refractivity contribution in [2.75, 3.05) is 31.2 Å². The first-order chi connectivity index (χ1) is 13.2. The van der Waals surface area contributed by atoms with Gasteiger partial charge in [-0.2, -0.15) is 0 Å². The number of nitrogens with zero attached hydrogens (tertiary/aromatic N) is 2. The lowest BCUT2D eigenvalue weighted by atomic mass is 10.2. The molecule has 1 aromatic heterocycles. The predicted molar refractivity (Wildman–Crippen MR) is 105 cm³/mol. The van der Waals surface area contributed by atoms with E-state index in [1.165, 1.54) is 0 Å². The summed E-state index contributed by atoms with van der Waals surface area (Å²) in [6.07, 6.45) is 3.70. The molecule has 6 heteroatoms. The molecule has 2 heterocycles. The number of hydrogen-bond donors (Lipinski definition) is 1. The standard InChI is InChI=1S/C21H25N3O3/c1-3-11-27-19-7-5-18(6-8-19)21(25)23-14-17-4-9-20(22-13-17)24-10-12-26-16(2)15-24/h3-9,13,16H,1,10-12,14-15H2,2H3,(H,23,25). The van der Waals surface area contributed by atoms with Crippen molar-refractivity contribution in [3.05, 3.63) is 66.4 Å². The predicted octanol–water partition coefficient (Wildman–Crippen LogP) is 2.80. The molecule has 0 radical (unpaired) electrons. The number of anilines is 1. The summed E-state index contributed by atoms with van der Waals surface area (Å²) in [6, 6.07) is 11.0. The van der Waals surface area contributed by atoms with E-state index in [-0.39, 0.29) is 12.0 Å². The Morgan fingerprint density at radius 3 is 2.85 bits per heavy atom. The Bertz CT molecular complexity index is 759. The summed E-state index contributed by atoms with van der Waals surface area (Å²) in [7, 11) is 0. The summed E-state index contributed by atoms with van der Waals surface area (Å²) in [4.78, 5) is 19.0. The van der Waals surface area contributed by atoms with Crippen LogP contribution in [0.4, 0.5) is 5.82 Å². The molecule has 0 saturated carbocycles. The molecular weight excluding hydrogens is 342 g/mol. The van der Waals surface area contributed by atoms with Crippen molar-refractivity contribution >= 4 is 11.7 Å². The zero-order valence-electron chi connectivity index (χ0n) is 15.6. The molecule has 0 bridgehead atoms. The number of carbonyl (C=O) groups is 1.